The Morgan fingerprint density at radius 2 is 2.45 bits per heavy atom. The molecule has 0 aliphatic heterocycles. The second-order valence-corrected chi connectivity index (χ2v) is 3.23. The third-order valence-electron chi connectivity index (χ3n) is 1.03. The van der Waals surface area contributed by atoms with Gasteiger partial charge in [0.15, 0.2) is 0 Å². The van der Waals surface area contributed by atoms with Crippen LogP contribution in [0.15, 0.2) is 5.16 Å². The summed E-state index contributed by atoms with van der Waals surface area (Å²) in [5.74, 6) is 0.619. The van der Waals surface area contributed by atoms with Crippen LogP contribution in [0, 0.1) is 0 Å². The Bertz CT molecular complexity index is 224. The zero-order valence-corrected chi connectivity index (χ0v) is 7.25. The minimum Gasteiger partial charge on any atom is -0.393 e. The van der Waals surface area contributed by atoms with E-state index in [9.17, 15) is 0 Å². The van der Waals surface area contributed by atoms with E-state index in [1.165, 1.54) is 11.8 Å². The summed E-state index contributed by atoms with van der Waals surface area (Å²) in [4.78, 5) is 0. The molecule has 1 heterocycles. The van der Waals surface area contributed by atoms with Crippen molar-refractivity contribution in [2.45, 2.75) is 18.2 Å². The van der Waals surface area contributed by atoms with Gasteiger partial charge in [-0.25, -0.2) is 4.68 Å². The molecule has 0 aliphatic carbocycles. The number of aliphatic hydroxyl groups is 1. The van der Waals surface area contributed by atoms with E-state index in [0.29, 0.717) is 5.75 Å². The van der Waals surface area contributed by atoms with Crippen molar-refractivity contribution in [3.63, 3.8) is 0 Å². The van der Waals surface area contributed by atoms with Crippen molar-refractivity contribution in [1.82, 2.24) is 20.2 Å². The maximum atomic E-state index is 8.94. The van der Waals surface area contributed by atoms with Gasteiger partial charge in [-0.15, -0.1) is 5.10 Å². The number of hydrogen-bond donors (Lipinski definition) is 1. The molecule has 0 unspecified atom stereocenters. The first-order chi connectivity index (χ1) is 5.20. The zero-order chi connectivity index (χ0) is 8.27. The molecule has 6 heteroatoms. The Balaban J connectivity index is 2.44. The van der Waals surface area contributed by atoms with Crippen LogP contribution in [0.5, 0.6) is 0 Å². The lowest BCUT2D eigenvalue weighted by molar-refractivity contribution is 0.220. The fourth-order valence-corrected chi connectivity index (χ4v) is 1.25. The van der Waals surface area contributed by atoms with Gasteiger partial charge in [-0.3, -0.25) is 0 Å². The number of aliphatic hydroxyl groups excluding tert-OH is 1. The number of nitrogens with zero attached hydrogens (tertiary/aromatic N) is 4. The van der Waals surface area contributed by atoms with Crippen LogP contribution >= 0.6 is 11.8 Å². The minimum atomic E-state index is -0.323. The molecule has 0 radical (unpaired) electrons. The number of hydrogen-bond acceptors (Lipinski definition) is 5. The van der Waals surface area contributed by atoms with Crippen LogP contribution in [0.3, 0.4) is 0 Å². The molecule has 1 N–H and O–H groups in total. The second-order valence-electron chi connectivity index (χ2n) is 2.25. The van der Waals surface area contributed by atoms with E-state index in [-0.39, 0.29) is 6.10 Å². The molecule has 0 aromatic carbocycles. The third kappa shape index (κ3) is 2.47. The van der Waals surface area contributed by atoms with E-state index in [2.05, 4.69) is 15.5 Å². The molecule has 0 aliphatic rings. The highest BCUT2D eigenvalue weighted by Crippen LogP contribution is 2.12. The summed E-state index contributed by atoms with van der Waals surface area (Å²) in [5, 5.41) is 20.5. The Morgan fingerprint density at radius 1 is 1.73 bits per heavy atom. The smallest absolute Gasteiger partial charge is 0.209 e. The van der Waals surface area contributed by atoms with Crippen LogP contribution in [-0.4, -0.2) is 37.2 Å². The molecule has 0 fully saturated rings. The van der Waals surface area contributed by atoms with Crippen molar-refractivity contribution in [2.24, 2.45) is 7.05 Å². The maximum absolute atomic E-state index is 8.94. The number of tetrazole rings is 1. The van der Waals surface area contributed by atoms with E-state index < -0.39 is 0 Å². The molecule has 1 aromatic rings. The monoisotopic (exact) mass is 174 g/mol. The fourth-order valence-electron chi connectivity index (χ4n) is 0.539. The number of aromatic nitrogens is 4. The minimum absolute atomic E-state index is 0.323. The van der Waals surface area contributed by atoms with Gasteiger partial charge in [-0.05, 0) is 17.4 Å². The number of thioether (sulfide) groups is 1. The summed E-state index contributed by atoms with van der Waals surface area (Å²) >= 11 is 1.44. The van der Waals surface area contributed by atoms with Gasteiger partial charge in [0.2, 0.25) is 5.16 Å². The van der Waals surface area contributed by atoms with Gasteiger partial charge in [-0.1, -0.05) is 11.8 Å². The van der Waals surface area contributed by atoms with Gasteiger partial charge in [0.25, 0.3) is 0 Å². The standard InChI is InChI=1S/C5H10N4OS/c1-4(10)3-11-5-6-7-8-9(5)2/h4,10H,3H2,1-2H3/t4-/m1/s1. The van der Waals surface area contributed by atoms with E-state index in [4.69, 9.17) is 5.11 Å². The van der Waals surface area contributed by atoms with Gasteiger partial charge < -0.3 is 5.11 Å². The highest BCUT2D eigenvalue weighted by molar-refractivity contribution is 7.99. The molecule has 1 rings (SSSR count). The van der Waals surface area contributed by atoms with Gasteiger partial charge in [0.05, 0.1) is 6.10 Å². The first-order valence-corrected chi connectivity index (χ1v) is 4.22. The summed E-state index contributed by atoms with van der Waals surface area (Å²) in [6.45, 7) is 1.73. The van der Waals surface area contributed by atoms with Crippen LogP contribution in [0.4, 0.5) is 0 Å². The van der Waals surface area contributed by atoms with Gasteiger partial charge >= 0.3 is 0 Å². The zero-order valence-electron chi connectivity index (χ0n) is 6.43. The van der Waals surface area contributed by atoms with Crippen molar-refractivity contribution in [3.05, 3.63) is 0 Å². The van der Waals surface area contributed by atoms with Gasteiger partial charge in [0.1, 0.15) is 0 Å². The normalized spacial score (nSPS) is 13.4. The molecular weight excluding hydrogens is 164 g/mol. The fraction of sp³-hybridized carbons (Fsp3) is 0.800. The number of rotatable bonds is 3. The average molecular weight is 174 g/mol. The van der Waals surface area contributed by atoms with Crippen LogP contribution in [0.25, 0.3) is 0 Å². The highest BCUT2D eigenvalue weighted by atomic mass is 32.2. The summed E-state index contributed by atoms with van der Waals surface area (Å²) in [6, 6.07) is 0. The van der Waals surface area contributed by atoms with Gasteiger partial charge in [0, 0.05) is 12.8 Å². The molecule has 0 saturated carbocycles. The van der Waals surface area contributed by atoms with Crippen molar-refractivity contribution >= 4 is 11.8 Å². The van der Waals surface area contributed by atoms with Crippen LogP contribution in [0.1, 0.15) is 6.92 Å². The molecule has 0 bridgehead atoms. The Hall–Kier alpha value is -0.620. The molecule has 0 spiro atoms. The quantitative estimate of drug-likeness (QED) is 0.636. The SMILES string of the molecule is C[C@@H](O)CSc1nnnn1C. The Morgan fingerprint density at radius 3 is 2.91 bits per heavy atom. The largest absolute Gasteiger partial charge is 0.393 e. The lowest BCUT2D eigenvalue weighted by Gasteiger charge is -2.00. The van der Waals surface area contributed by atoms with Gasteiger partial charge in [-0.2, -0.15) is 0 Å². The summed E-state index contributed by atoms with van der Waals surface area (Å²) in [7, 11) is 1.77. The molecule has 0 amide bonds. The summed E-state index contributed by atoms with van der Waals surface area (Å²) in [6.07, 6.45) is -0.323. The first kappa shape index (κ1) is 8.48. The van der Waals surface area contributed by atoms with E-state index in [1.807, 2.05) is 0 Å². The Labute approximate surface area is 68.8 Å². The second kappa shape index (κ2) is 3.68. The van der Waals surface area contributed by atoms with Crippen LogP contribution < -0.4 is 0 Å². The number of aryl methyl sites for hydroxylation is 1. The predicted molar refractivity (Wildman–Crippen MR) is 41.2 cm³/mol. The average Bonchev–Trinajstić information content (AvgIpc) is 2.31. The third-order valence-corrected chi connectivity index (χ3v) is 2.29. The van der Waals surface area contributed by atoms with E-state index in [0.717, 1.165) is 5.16 Å². The predicted octanol–water partition coefficient (Wildman–Crippen LogP) is -0.317. The van der Waals surface area contributed by atoms with Crippen molar-refractivity contribution in [3.8, 4) is 0 Å². The topological polar surface area (TPSA) is 63.8 Å². The van der Waals surface area contributed by atoms with E-state index in [1.54, 1.807) is 18.7 Å². The summed E-state index contributed by atoms with van der Waals surface area (Å²) < 4.78 is 1.58. The van der Waals surface area contributed by atoms with E-state index >= 15 is 0 Å². The molecule has 5 nitrogen and oxygen atoms in total. The lowest BCUT2D eigenvalue weighted by Crippen LogP contribution is -2.04. The molecular formula is C5H10N4OS. The van der Waals surface area contributed by atoms with Crippen LogP contribution in [0.2, 0.25) is 0 Å². The first-order valence-electron chi connectivity index (χ1n) is 3.23. The summed E-state index contributed by atoms with van der Waals surface area (Å²) in [5.41, 5.74) is 0. The Kier molecular flexibility index (Phi) is 2.84. The van der Waals surface area contributed by atoms with Crippen LogP contribution in [-0.2, 0) is 7.05 Å². The highest BCUT2D eigenvalue weighted by Gasteiger charge is 2.03. The molecule has 1 aromatic heterocycles. The molecule has 1 atom stereocenters. The van der Waals surface area contributed by atoms with Crippen molar-refractivity contribution < 1.29 is 5.11 Å². The van der Waals surface area contributed by atoms with Crippen molar-refractivity contribution in [1.29, 1.82) is 0 Å². The molecule has 62 valence electrons. The molecule has 11 heavy (non-hydrogen) atoms. The van der Waals surface area contributed by atoms with Crippen molar-refractivity contribution in [2.75, 3.05) is 5.75 Å². The maximum Gasteiger partial charge on any atom is 0.209 e. The lowest BCUT2D eigenvalue weighted by atomic mass is 10.5. The molecule has 0 saturated heterocycles.